The van der Waals surface area contributed by atoms with Gasteiger partial charge < -0.3 is 19.9 Å². The van der Waals surface area contributed by atoms with Crippen LogP contribution in [-0.4, -0.2) is 81.0 Å². The predicted octanol–water partition coefficient (Wildman–Crippen LogP) is 3.62. The van der Waals surface area contributed by atoms with E-state index < -0.39 is 0 Å². The van der Waals surface area contributed by atoms with Crippen molar-refractivity contribution in [2.45, 2.75) is 25.4 Å². The molecule has 0 radical (unpaired) electrons. The zero-order valence-corrected chi connectivity index (χ0v) is 22.4. The summed E-state index contributed by atoms with van der Waals surface area (Å²) in [5, 5.41) is 8.04. The predicted molar refractivity (Wildman–Crippen MR) is 149 cm³/mol. The molecular formula is C29H30F2N8O2. The summed E-state index contributed by atoms with van der Waals surface area (Å²) < 4.78 is 34.0. The van der Waals surface area contributed by atoms with E-state index in [9.17, 15) is 13.6 Å². The molecular weight excluding hydrogens is 530 g/mol. The third-order valence-corrected chi connectivity index (χ3v) is 7.34. The highest BCUT2D eigenvalue weighted by atomic mass is 19.1. The minimum atomic E-state index is -0.373. The fourth-order valence-electron chi connectivity index (χ4n) is 5.05. The van der Waals surface area contributed by atoms with Crippen LogP contribution in [0, 0.1) is 11.6 Å². The van der Waals surface area contributed by atoms with Crippen molar-refractivity contribution in [1.29, 1.82) is 0 Å². The number of carbonyl (C=O) groups is 1. The maximum Gasteiger partial charge on any atom is 0.244 e. The highest BCUT2D eigenvalue weighted by Crippen LogP contribution is 2.24. The van der Waals surface area contributed by atoms with E-state index in [1.165, 1.54) is 28.9 Å². The van der Waals surface area contributed by atoms with Gasteiger partial charge in [0.1, 0.15) is 36.1 Å². The zero-order chi connectivity index (χ0) is 28.2. The molecule has 212 valence electrons. The third-order valence-electron chi connectivity index (χ3n) is 7.34. The number of hydrogen-bond acceptors (Lipinski definition) is 8. The Morgan fingerprint density at radius 1 is 0.902 bits per heavy atom. The van der Waals surface area contributed by atoms with Crippen LogP contribution in [0.25, 0.3) is 22.8 Å². The Hall–Kier alpha value is -4.45. The molecule has 2 aromatic carbocycles. The second kappa shape index (κ2) is 12.0. The largest absolute Gasteiger partial charge is 0.381 e. The number of amides is 1. The van der Waals surface area contributed by atoms with Crippen LogP contribution >= 0.6 is 0 Å². The summed E-state index contributed by atoms with van der Waals surface area (Å²) >= 11 is 0. The maximum atomic E-state index is 13.6. The van der Waals surface area contributed by atoms with Crippen LogP contribution in [0.15, 0.2) is 60.9 Å². The molecule has 6 rings (SSSR count). The number of carbonyl (C=O) groups excluding carboxylic acids is 1. The average Bonchev–Trinajstić information content (AvgIpc) is 3.42. The third kappa shape index (κ3) is 6.32. The quantitative estimate of drug-likeness (QED) is 0.366. The summed E-state index contributed by atoms with van der Waals surface area (Å²) in [6.45, 7) is 3.77. The Balaban J connectivity index is 1.13. The monoisotopic (exact) mass is 560 g/mol. The lowest BCUT2D eigenvalue weighted by atomic mass is 10.1. The molecule has 10 nitrogen and oxygen atoms in total. The van der Waals surface area contributed by atoms with Crippen LogP contribution in [0.2, 0.25) is 0 Å². The van der Waals surface area contributed by atoms with Gasteiger partial charge in [-0.3, -0.25) is 4.79 Å². The number of anilines is 2. The summed E-state index contributed by atoms with van der Waals surface area (Å²) in [4.78, 5) is 30.8. The maximum absolute atomic E-state index is 13.6. The highest BCUT2D eigenvalue weighted by Gasteiger charge is 2.25. The first-order valence-corrected chi connectivity index (χ1v) is 13.7. The van der Waals surface area contributed by atoms with Crippen LogP contribution in [0.3, 0.4) is 0 Å². The highest BCUT2D eigenvalue weighted by molar-refractivity contribution is 5.77. The van der Waals surface area contributed by atoms with E-state index in [2.05, 4.69) is 30.3 Å². The molecule has 4 heterocycles. The molecule has 0 atom stereocenters. The van der Waals surface area contributed by atoms with Gasteiger partial charge in [-0.25, -0.2) is 28.4 Å². The molecule has 1 amide bonds. The lowest BCUT2D eigenvalue weighted by Gasteiger charge is -2.35. The normalized spacial score (nSPS) is 16.1. The minimum Gasteiger partial charge on any atom is -0.381 e. The molecule has 41 heavy (non-hydrogen) atoms. The molecule has 0 spiro atoms. The number of benzene rings is 2. The van der Waals surface area contributed by atoms with Crippen LogP contribution in [0.5, 0.6) is 0 Å². The SMILES string of the molecule is O=C(Cn1nc(-c2ccc(F)cc2)nc1-c1ccc(F)cc1)N1CCN(c2cc(NC3CCOCC3)ncn2)CC1. The van der Waals surface area contributed by atoms with Gasteiger partial charge >= 0.3 is 0 Å². The van der Waals surface area contributed by atoms with Crippen LogP contribution < -0.4 is 10.2 Å². The molecule has 2 aromatic heterocycles. The number of halogens is 2. The van der Waals surface area contributed by atoms with Gasteiger partial charge in [0.25, 0.3) is 0 Å². The van der Waals surface area contributed by atoms with E-state index in [1.807, 2.05) is 6.07 Å². The Bertz CT molecular complexity index is 1480. The topological polar surface area (TPSA) is 101 Å². The summed E-state index contributed by atoms with van der Waals surface area (Å²) in [5.74, 6) is 1.56. The van der Waals surface area contributed by atoms with Gasteiger partial charge in [-0.05, 0) is 61.4 Å². The van der Waals surface area contributed by atoms with Crippen LogP contribution in [0.1, 0.15) is 12.8 Å². The number of hydrogen-bond donors (Lipinski definition) is 1. The zero-order valence-electron chi connectivity index (χ0n) is 22.4. The van der Waals surface area contributed by atoms with E-state index in [0.717, 1.165) is 37.7 Å². The van der Waals surface area contributed by atoms with Gasteiger partial charge in [-0.15, -0.1) is 5.10 Å². The number of ether oxygens (including phenoxy) is 1. The first-order chi connectivity index (χ1) is 20.0. The van der Waals surface area contributed by atoms with Crippen molar-refractivity contribution in [3.05, 3.63) is 72.6 Å². The van der Waals surface area contributed by atoms with E-state index in [1.54, 1.807) is 35.5 Å². The molecule has 0 unspecified atom stereocenters. The Morgan fingerprint density at radius 3 is 2.24 bits per heavy atom. The summed E-state index contributed by atoms with van der Waals surface area (Å²) in [5.41, 5.74) is 1.24. The molecule has 2 aliphatic heterocycles. The second-order valence-electron chi connectivity index (χ2n) is 10.1. The van der Waals surface area contributed by atoms with Crippen molar-refractivity contribution in [2.75, 3.05) is 49.6 Å². The molecule has 2 fully saturated rings. The van der Waals surface area contributed by atoms with Crippen molar-refractivity contribution >= 4 is 17.5 Å². The van der Waals surface area contributed by atoms with Gasteiger partial charge in [0, 0.05) is 62.6 Å². The summed E-state index contributed by atoms with van der Waals surface area (Å²) in [6.07, 6.45) is 3.45. The smallest absolute Gasteiger partial charge is 0.244 e. The molecule has 0 aliphatic carbocycles. The number of aromatic nitrogens is 5. The van der Waals surface area contributed by atoms with Crippen molar-refractivity contribution in [1.82, 2.24) is 29.6 Å². The minimum absolute atomic E-state index is 0.0341. The van der Waals surface area contributed by atoms with E-state index in [4.69, 9.17) is 4.74 Å². The van der Waals surface area contributed by atoms with Gasteiger partial charge in [0.2, 0.25) is 5.91 Å². The average molecular weight is 561 g/mol. The number of nitrogens with zero attached hydrogens (tertiary/aromatic N) is 7. The number of nitrogens with one attached hydrogen (secondary N) is 1. The van der Waals surface area contributed by atoms with Crippen LogP contribution in [-0.2, 0) is 16.1 Å². The van der Waals surface area contributed by atoms with Gasteiger partial charge in [-0.1, -0.05) is 0 Å². The number of piperazine rings is 1. The van der Waals surface area contributed by atoms with E-state index >= 15 is 0 Å². The molecule has 12 heteroatoms. The summed E-state index contributed by atoms with van der Waals surface area (Å²) in [6, 6.07) is 14.0. The van der Waals surface area contributed by atoms with Crippen molar-refractivity contribution in [2.24, 2.45) is 0 Å². The van der Waals surface area contributed by atoms with Crippen molar-refractivity contribution in [3.63, 3.8) is 0 Å². The lowest BCUT2D eigenvalue weighted by molar-refractivity contribution is -0.132. The fraction of sp³-hybridized carbons (Fsp3) is 0.345. The molecule has 0 saturated carbocycles. The molecule has 2 aliphatic rings. The Kier molecular flexibility index (Phi) is 7.81. The molecule has 1 N–H and O–H groups in total. The van der Waals surface area contributed by atoms with E-state index in [-0.39, 0.29) is 24.1 Å². The first-order valence-electron chi connectivity index (χ1n) is 13.7. The summed E-state index contributed by atoms with van der Waals surface area (Å²) in [7, 11) is 0. The lowest BCUT2D eigenvalue weighted by Crippen LogP contribution is -2.50. The Morgan fingerprint density at radius 2 is 1.56 bits per heavy atom. The van der Waals surface area contributed by atoms with Crippen molar-refractivity contribution < 1.29 is 18.3 Å². The van der Waals surface area contributed by atoms with Crippen molar-refractivity contribution in [3.8, 4) is 22.8 Å². The van der Waals surface area contributed by atoms with Crippen LogP contribution in [0.4, 0.5) is 20.4 Å². The van der Waals surface area contributed by atoms with E-state index in [0.29, 0.717) is 55.0 Å². The second-order valence-corrected chi connectivity index (χ2v) is 10.1. The van der Waals surface area contributed by atoms with Gasteiger partial charge in [0.15, 0.2) is 11.6 Å². The Labute approximate surface area is 236 Å². The number of rotatable bonds is 7. The molecule has 0 bridgehead atoms. The first kappa shape index (κ1) is 26.8. The standard InChI is InChI=1S/C29H30F2N8O2/c30-22-5-1-20(2-6-22)28-35-29(21-3-7-23(31)8-4-21)39(36-28)18-27(40)38-13-11-37(12-14-38)26-17-25(32-19-33-26)34-24-9-15-41-16-10-24/h1-8,17,19,24H,9-16,18H2,(H,32,33,34). The van der Waals surface area contributed by atoms with Gasteiger partial charge in [0.05, 0.1) is 0 Å². The molecule has 4 aromatic rings. The fourth-order valence-corrected chi connectivity index (χ4v) is 5.05. The van der Waals surface area contributed by atoms with Gasteiger partial charge in [-0.2, -0.15) is 0 Å². The molecule has 2 saturated heterocycles.